The zero-order valence-corrected chi connectivity index (χ0v) is 21.0. The number of halogens is 1. The maximum Gasteiger partial charge on any atom is 0.331 e. The van der Waals surface area contributed by atoms with Crippen molar-refractivity contribution in [2.24, 2.45) is 0 Å². The molecule has 2 aromatic heterocycles. The molecule has 4 aromatic rings. The van der Waals surface area contributed by atoms with Crippen LogP contribution in [0.4, 0.5) is 5.82 Å². The van der Waals surface area contributed by atoms with Gasteiger partial charge in [0, 0.05) is 36.3 Å². The third kappa shape index (κ3) is 6.53. The SMILES string of the molecule is Cc1cc(NC(=O)Cn2c(=O)n(CCCC(=O)NCCc3ccc(Cl)cc3)c(=O)c3ccccc32)n[nH]1. The molecule has 0 spiro atoms. The lowest BCUT2D eigenvalue weighted by Crippen LogP contribution is -2.42. The summed E-state index contributed by atoms with van der Waals surface area (Å²) in [6, 6.07) is 15.7. The van der Waals surface area contributed by atoms with Crippen LogP contribution in [0, 0.1) is 6.92 Å². The van der Waals surface area contributed by atoms with Crippen molar-refractivity contribution in [1.29, 1.82) is 0 Å². The van der Waals surface area contributed by atoms with E-state index in [4.69, 9.17) is 11.6 Å². The highest BCUT2D eigenvalue weighted by Gasteiger charge is 2.16. The first-order valence-electron chi connectivity index (χ1n) is 11.9. The maximum absolute atomic E-state index is 13.2. The zero-order valence-electron chi connectivity index (χ0n) is 20.3. The number of rotatable bonds is 10. The van der Waals surface area contributed by atoms with Crippen LogP contribution in [0.3, 0.4) is 0 Å². The second-order valence-electron chi connectivity index (χ2n) is 8.66. The van der Waals surface area contributed by atoms with Crippen molar-refractivity contribution in [2.75, 3.05) is 11.9 Å². The van der Waals surface area contributed by atoms with E-state index in [0.29, 0.717) is 41.1 Å². The van der Waals surface area contributed by atoms with Crippen molar-refractivity contribution in [3.8, 4) is 0 Å². The summed E-state index contributed by atoms with van der Waals surface area (Å²) >= 11 is 5.89. The number of benzene rings is 2. The first-order chi connectivity index (χ1) is 17.8. The third-order valence-corrected chi connectivity index (χ3v) is 6.09. The Bertz CT molecular complexity index is 1540. The number of H-pyrrole nitrogens is 1. The van der Waals surface area contributed by atoms with Crippen LogP contribution >= 0.6 is 11.6 Å². The van der Waals surface area contributed by atoms with E-state index in [9.17, 15) is 19.2 Å². The van der Waals surface area contributed by atoms with Crippen molar-refractivity contribution < 1.29 is 9.59 Å². The summed E-state index contributed by atoms with van der Waals surface area (Å²) < 4.78 is 2.34. The van der Waals surface area contributed by atoms with Crippen molar-refractivity contribution in [3.63, 3.8) is 0 Å². The molecule has 192 valence electrons. The van der Waals surface area contributed by atoms with Crippen LogP contribution in [0.2, 0.25) is 5.02 Å². The molecular formula is C26H27ClN6O4. The van der Waals surface area contributed by atoms with Gasteiger partial charge in [0.2, 0.25) is 11.8 Å². The van der Waals surface area contributed by atoms with Gasteiger partial charge in [0.15, 0.2) is 5.82 Å². The number of aryl methyl sites for hydroxylation is 1. The van der Waals surface area contributed by atoms with E-state index in [-0.39, 0.29) is 25.4 Å². The number of amides is 2. The molecule has 0 aliphatic rings. The quantitative estimate of drug-likeness (QED) is 0.295. The molecule has 10 nitrogen and oxygen atoms in total. The van der Waals surface area contributed by atoms with Gasteiger partial charge in [-0.05, 0) is 49.6 Å². The van der Waals surface area contributed by atoms with Crippen molar-refractivity contribution in [3.05, 3.63) is 91.7 Å². The minimum atomic E-state index is -0.611. The highest BCUT2D eigenvalue weighted by molar-refractivity contribution is 6.30. The molecule has 4 rings (SSSR count). The molecule has 0 radical (unpaired) electrons. The second-order valence-corrected chi connectivity index (χ2v) is 9.09. The first kappa shape index (κ1) is 25.9. The van der Waals surface area contributed by atoms with Crippen LogP contribution in [0.1, 0.15) is 24.1 Å². The Kier molecular flexibility index (Phi) is 8.19. The standard InChI is InChI=1S/C26H27ClN6O4/c1-17-15-22(31-30-17)29-24(35)16-33-21-6-3-2-5-20(21)25(36)32(26(33)37)14-4-7-23(34)28-13-12-18-8-10-19(27)11-9-18/h2-3,5-6,8-11,15H,4,7,12-14,16H2,1H3,(H,28,34)(H2,29,30,31,35). The minimum absolute atomic E-state index is 0.0489. The minimum Gasteiger partial charge on any atom is -0.356 e. The Labute approximate surface area is 217 Å². The average molecular weight is 523 g/mol. The van der Waals surface area contributed by atoms with Gasteiger partial charge in [-0.2, -0.15) is 5.10 Å². The number of carbonyl (C=O) groups is 2. The van der Waals surface area contributed by atoms with Gasteiger partial charge in [0.1, 0.15) is 6.54 Å². The molecule has 11 heteroatoms. The summed E-state index contributed by atoms with van der Waals surface area (Å²) in [6.45, 7) is 2.02. The fourth-order valence-corrected chi connectivity index (χ4v) is 4.14. The van der Waals surface area contributed by atoms with E-state index in [1.54, 1.807) is 49.4 Å². The fraction of sp³-hybridized carbons (Fsp3) is 0.269. The highest BCUT2D eigenvalue weighted by atomic mass is 35.5. The summed E-state index contributed by atoms with van der Waals surface area (Å²) in [4.78, 5) is 51.2. The van der Waals surface area contributed by atoms with Crippen LogP contribution in [0.15, 0.2) is 64.2 Å². The van der Waals surface area contributed by atoms with Gasteiger partial charge in [-0.15, -0.1) is 0 Å². The lowest BCUT2D eigenvalue weighted by Gasteiger charge is -2.14. The van der Waals surface area contributed by atoms with E-state index in [1.165, 1.54) is 4.57 Å². The summed E-state index contributed by atoms with van der Waals surface area (Å²) in [5, 5.41) is 13.2. The molecule has 37 heavy (non-hydrogen) atoms. The number of carbonyl (C=O) groups excluding carboxylic acids is 2. The lowest BCUT2D eigenvalue weighted by atomic mass is 10.1. The monoisotopic (exact) mass is 522 g/mol. The molecule has 0 unspecified atom stereocenters. The molecule has 0 fully saturated rings. The molecule has 0 atom stereocenters. The van der Waals surface area contributed by atoms with Crippen LogP contribution in [0.5, 0.6) is 0 Å². The molecule has 2 aromatic carbocycles. The van der Waals surface area contributed by atoms with Crippen LogP contribution < -0.4 is 21.9 Å². The Balaban J connectivity index is 1.42. The average Bonchev–Trinajstić information content (AvgIpc) is 3.29. The van der Waals surface area contributed by atoms with E-state index >= 15 is 0 Å². The number of hydrogen-bond donors (Lipinski definition) is 3. The van der Waals surface area contributed by atoms with Gasteiger partial charge in [-0.3, -0.25) is 28.6 Å². The molecule has 0 aliphatic carbocycles. The number of hydrogen-bond acceptors (Lipinski definition) is 5. The molecule has 3 N–H and O–H groups in total. The number of nitrogens with one attached hydrogen (secondary N) is 3. The lowest BCUT2D eigenvalue weighted by molar-refractivity contribution is -0.121. The maximum atomic E-state index is 13.2. The Morgan fingerprint density at radius 3 is 2.51 bits per heavy atom. The van der Waals surface area contributed by atoms with Crippen molar-refractivity contribution in [2.45, 2.75) is 39.3 Å². The van der Waals surface area contributed by atoms with Crippen molar-refractivity contribution >= 4 is 40.1 Å². The second kappa shape index (κ2) is 11.7. The number of aromatic nitrogens is 4. The Morgan fingerprint density at radius 1 is 1.03 bits per heavy atom. The molecule has 0 saturated heterocycles. The summed E-state index contributed by atoms with van der Waals surface area (Å²) in [6.07, 6.45) is 1.11. The van der Waals surface area contributed by atoms with E-state index in [2.05, 4.69) is 20.8 Å². The van der Waals surface area contributed by atoms with Crippen LogP contribution in [-0.2, 0) is 29.1 Å². The molecule has 2 heterocycles. The summed E-state index contributed by atoms with van der Waals surface area (Å²) in [5.74, 6) is -0.281. The first-order valence-corrected chi connectivity index (χ1v) is 12.2. The van der Waals surface area contributed by atoms with Crippen LogP contribution in [-0.4, -0.2) is 37.7 Å². The normalized spacial score (nSPS) is 11.0. The molecule has 0 bridgehead atoms. The Morgan fingerprint density at radius 2 is 1.78 bits per heavy atom. The number of anilines is 1. The highest BCUT2D eigenvalue weighted by Crippen LogP contribution is 2.10. The third-order valence-electron chi connectivity index (χ3n) is 5.84. The van der Waals surface area contributed by atoms with Gasteiger partial charge < -0.3 is 10.6 Å². The van der Waals surface area contributed by atoms with Crippen LogP contribution in [0.25, 0.3) is 10.9 Å². The number of aromatic amines is 1. The predicted molar refractivity (Wildman–Crippen MR) is 142 cm³/mol. The van der Waals surface area contributed by atoms with E-state index < -0.39 is 17.2 Å². The number of nitrogens with zero attached hydrogens (tertiary/aromatic N) is 3. The smallest absolute Gasteiger partial charge is 0.331 e. The topological polar surface area (TPSA) is 131 Å². The van der Waals surface area contributed by atoms with Gasteiger partial charge >= 0.3 is 5.69 Å². The molecule has 0 aliphatic heterocycles. The molecule has 2 amide bonds. The van der Waals surface area contributed by atoms with E-state index in [1.807, 2.05) is 12.1 Å². The largest absolute Gasteiger partial charge is 0.356 e. The van der Waals surface area contributed by atoms with Crippen molar-refractivity contribution in [1.82, 2.24) is 24.6 Å². The molecular weight excluding hydrogens is 496 g/mol. The summed E-state index contributed by atoms with van der Waals surface area (Å²) in [5.41, 5.74) is 1.13. The summed E-state index contributed by atoms with van der Waals surface area (Å²) in [7, 11) is 0. The number of para-hydroxylation sites is 1. The van der Waals surface area contributed by atoms with Gasteiger partial charge in [0.05, 0.1) is 10.9 Å². The number of fused-ring (bicyclic) bond motifs is 1. The van der Waals surface area contributed by atoms with Gasteiger partial charge in [-0.1, -0.05) is 35.9 Å². The fourth-order valence-electron chi connectivity index (χ4n) is 4.01. The predicted octanol–water partition coefficient (Wildman–Crippen LogP) is 2.63. The Hall–Kier alpha value is -4.18. The van der Waals surface area contributed by atoms with Gasteiger partial charge in [-0.25, -0.2) is 4.79 Å². The zero-order chi connectivity index (χ0) is 26.4. The van der Waals surface area contributed by atoms with E-state index in [0.717, 1.165) is 15.8 Å². The molecule has 0 saturated carbocycles. The van der Waals surface area contributed by atoms with Gasteiger partial charge in [0.25, 0.3) is 5.56 Å².